The molecule has 3 heteroatoms. The SMILES string of the molecule is COc1ccc(OC2(CCNC3CC3)CCC2)cc1. The Morgan fingerprint density at radius 3 is 2.37 bits per heavy atom. The maximum atomic E-state index is 6.24. The highest BCUT2D eigenvalue weighted by atomic mass is 16.5. The Balaban J connectivity index is 1.54. The predicted molar refractivity (Wildman–Crippen MR) is 75.8 cm³/mol. The second-order valence-electron chi connectivity index (χ2n) is 5.79. The molecular weight excluding hydrogens is 238 g/mol. The molecule has 3 nitrogen and oxygen atoms in total. The minimum absolute atomic E-state index is 0.0798. The lowest BCUT2D eigenvalue weighted by atomic mass is 9.77. The Morgan fingerprint density at radius 1 is 1.16 bits per heavy atom. The fourth-order valence-electron chi connectivity index (χ4n) is 2.66. The molecule has 0 heterocycles. The highest BCUT2D eigenvalue weighted by Crippen LogP contribution is 2.39. The lowest BCUT2D eigenvalue weighted by Crippen LogP contribution is -2.45. The summed E-state index contributed by atoms with van der Waals surface area (Å²) in [5.41, 5.74) is 0.0798. The van der Waals surface area contributed by atoms with Gasteiger partial charge in [-0.25, -0.2) is 0 Å². The summed E-state index contributed by atoms with van der Waals surface area (Å²) in [4.78, 5) is 0. The molecule has 3 rings (SSSR count). The molecule has 2 aliphatic rings. The molecule has 0 spiro atoms. The van der Waals surface area contributed by atoms with Gasteiger partial charge in [0.1, 0.15) is 17.1 Å². The Hall–Kier alpha value is -1.22. The first kappa shape index (κ1) is 12.8. The monoisotopic (exact) mass is 261 g/mol. The number of hydrogen-bond donors (Lipinski definition) is 1. The molecule has 0 aromatic heterocycles. The van der Waals surface area contributed by atoms with Crippen molar-refractivity contribution in [2.75, 3.05) is 13.7 Å². The van der Waals surface area contributed by atoms with Gasteiger partial charge in [0.25, 0.3) is 0 Å². The van der Waals surface area contributed by atoms with Gasteiger partial charge in [0.05, 0.1) is 7.11 Å². The molecule has 0 radical (unpaired) electrons. The van der Waals surface area contributed by atoms with E-state index in [-0.39, 0.29) is 5.60 Å². The zero-order chi connectivity index (χ0) is 13.1. The lowest BCUT2D eigenvalue weighted by molar-refractivity contribution is -0.0143. The summed E-state index contributed by atoms with van der Waals surface area (Å²) in [7, 11) is 1.69. The smallest absolute Gasteiger partial charge is 0.120 e. The van der Waals surface area contributed by atoms with E-state index in [1.54, 1.807) is 7.11 Å². The van der Waals surface area contributed by atoms with Crippen LogP contribution in [0.3, 0.4) is 0 Å². The third kappa shape index (κ3) is 3.21. The van der Waals surface area contributed by atoms with Gasteiger partial charge in [-0.05, 0) is 69.3 Å². The second-order valence-corrected chi connectivity index (χ2v) is 5.79. The van der Waals surface area contributed by atoms with Gasteiger partial charge < -0.3 is 14.8 Å². The van der Waals surface area contributed by atoms with Crippen molar-refractivity contribution in [1.82, 2.24) is 5.32 Å². The molecule has 19 heavy (non-hydrogen) atoms. The standard InChI is InChI=1S/C16H23NO2/c1-18-14-5-7-15(8-6-14)19-16(9-2-10-16)11-12-17-13-3-4-13/h5-8,13,17H,2-4,9-12H2,1H3. The Bertz CT molecular complexity index is 407. The topological polar surface area (TPSA) is 30.5 Å². The van der Waals surface area contributed by atoms with Crippen molar-refractivity contribution < 1.29 is 9.47 Å². The van der Waals surface area contributed by atoms with E-state index in [0.29, 0.717) is 0 Å². The first-order valence-electron chi connectivity index (χ1n) is 7.36. The molecule has 1 aromatic carbocycles. The van der Waals surface area contributed by atoms with Crippen LogP contribution in [0.1, 0.15) is 38.5 Å². The van der Waals surface area contributed by atoms with Crippen LogP contribution < -0.4 is 14.8 Å². The van der Waals surface area contributed by atoms with Gasteiger partial charge in [0.15, 0.2) is 0 Å². The van der Waals surface area contributed by atoms with E-state index in [1.165, 1.54) is 32.1 Å². The third-order valence-corrected chi connectivity index (χ3v) is 4.25. The zero-order valence-corrected chi connectivity index (χ0v) is 11.7. The molecule has 104 valence electrons. The summed E-state index contributed by atoms with van der Waals surface area (Å²) in [6.07, 6.45) is 7.49. The van der Waals surface area contributed by atoms with Crippen LogP contribution in [0.25, 0.3) is 0 Å². The van der Waals surface area contributed by atoms with Crippen molar-refractivity contribution in [3.8, 4) is 11.5 Å². The first-order chi connectivity index (χ1) is 9.30. The summed E-state index contributed by atoms with van der Waals surface area (Å²) < 4.78 is 11.4. The minimum Gasteiger partial charge on any atom is -0.497 e. The molecule has 0 saturated heterocycles. The van der Waals surface area contributed by atoms with E-state index in [2.05, 4.69) is 5.32 Å². The van der Waals surface area contributed by atoms with E-state index >= 15 is 0 Å². The molecule has 2 fully saturated rings. The van der Waals surface area contributed by atoms with E-state index in [4.69, 9.17) is 9.47 Å². The molecule has 0 unspecified atom stereocenters. The number of nitrogens with one attached hydrogen (secondary N) is 1. The highest BCUT2D eigenvalue weighted by Gasteiger charge is 2.39. The summed E-state index contributed by atoms with van der Waals surface area (Å²) in [6, 6.07) is 8.73. The normalized spacial score (nSPS) is 20.7. The van der Waals surface area contributed by atoms with Crippen molar-refractivity contribution in [3.05, 3.63) is 24.3 Å². The fourth-order valence-corrected chi connectivity index (χ4v) is 2.66. The highest BCUT2D eigenvalue weighted by molar-refractivity contribution is 5.31. The largest absolute Gasteiger partial charge is 0.497 e. The summed E-state index contributed by atoms with van der Waals surface area (Å²) in [5, 5.41) is 3.58. The van der Waals surface area contributed by atoms with Crippen LogP contribution in [-0.2, 0) is 0 Å². The molecule has 0 atom stereocenters. The maximum Gasteiger partial charge on any atom is 0.120 e. The molecule has 1 aromatic rings. The number of methoxy groups -OCH3 is 1. The van der Waals surface area contributed by atoms with Gasteiger partial charge in [0, 0.05) is 6.04 Å². The molecule has 2 aliphatic carbocycles. The fraction of sp³-hybridized carbons (Fsp3) is 0.625. The van der Waals surface area contributed by atoms with Crippen molar-refractivity contribution in [3.63, 3.8) is 0 Å². The maximum absolute atomic E-state index is 6.24. The van der Waals surface area contributed by atoms with Crippen LogP contribution >= 0.6 is 0 Å². The van der Waals surface area contributed by atoms with E-state index in [9.17, 15) is 0 Å². The van der Waals surface area contributed by atoms with Crippen LogP contribution in [0.15, 0.2) is 24.3 Å². The van der Waals surface area contributed by atoms with Crippen LogP contribution in [0.5, 0.6) is 11.5 Å². The quantitative estimate of drug-likeness (QED) is 0.818. The number of benzene rings is 1. The molecule has 2 saturated carbocycles. The van der Waals surface area contributed by atoms with Gasteiger partial charge in [-0.2, -0.15) is 0 Å². The van der Waals surface area contributed by atoms with Gasteiger partial charge in [-0.15, -0.1) is 0 Å². The van der Waals surface area contributed by atoms with E-state index in [0.717, 1.165) is 30.5 Å². The van der Waals surface area contributed by atoms with Crippen LogP contribution in [0.4, 0.5) is 0 Å². The van der Waals surface area contributed by atoms with Crippen molar-refractivity contribution in [2.24, 2.45) is 0 Å². The Morgan fingerprint density at radius 2 is 1.84 bits per heavy atom. The third-order valence-electron chi connectivity index (χ3n) is 4.25. The molecular formula is C16H23NO2. The van der Waals surface area contributed by atoms with E-state index < -0.39 is 0 Å². The second kappa shape index (κ2) is 5.41. The average Bonchev–Trinajstić information content (AvgIpc) is 3.20. The summed E-state index contributed by atoms with van der Waals surface area (Å²) in [6.45, 7) is 1.08. The van der Waals surface area contributed by atoms with Gasteiger partial charge in [-0.3, -0.25) is 0 Å². The Kier molecular flexibility index (Phi) is 3.65. The number of rotatable bonds is 7. The summed E-state index contributed by atoms with van der Waals surface area (Å²) >= 11 is 0. The van der Waals surface area contributed by atoms with Crippen LogP contribution in [-0.4, -0.2) is 25.3 Å². The number of hydrogen-bond acceptors (Lipinski definition) is 3. The molecule has 1 N–H and O–H groups in total. The van der Waals surface area contributed by atoms with Crippen molar-refractivity contribution in [1.29, 1.82) is 0 Å². The number of ether oxygens (including phenoxy) is 2. The molecule has 0 aliphatic heterocycles. The lowest BCUT2D eigenvalue weighted by Gasteiger charge is -2.42. The van der Waals surface area contributed by atoms with Crippen molar-refractivity contribution in [2.45, 2.75) is 50.2 Å². The first-order valence-corrected chi connectivity index (χ1v) is 7.36. The van der Waals surface area contributed by atoms with Gasteiger partial charge >= 0.3 is 0 Å². The van der Waals surface area contributed by atoms with Crippen molar-refractivity contribution >= 4 is 0 Å². The summed E-state index contributed by atoms with van der Waals surface area (Å²) in [5.74, 6) is 1.84. The minimum atomic E-state index is 0.0798. The van der Waals surface area contributed by atoms with Gasteiger partial charge in [0.2, 0.25) is 0 Å². The zero-order valence-electron chi connectivity index (χ0n) is 11.7. The average molecular weight is 261 g/mol. The molecule has 0 bridgehead atoms. The molecule has 0 amide bonds. The predicted octanol–water partition coefficient (Wildman–Crippen LogP) is 3.14. The van der Waals surface area contributed by atoms with Crippen LogP contribution in [0, 0.1) is 0 Å². The van der Waals surface area contributed by atoms with Crippen LogP contribution in [0.2, 0.25) is 0 Å². The van der Waals surface area contributed by atoms with Gasteiger partial charge in [-0.1, -0.05) is 0 Å². The Labute approximate surface area is 115 Å². The van der Waals surface area contributed by atoms with E-state index in [1.807, 2.05) is 24.3 Å².